The molecule has 0 unspecified atom stereocenters. The highest BCUT2D eigenvalue weighted by Crippen LogP contribution is 2.41. The average molecular weight is 376 g/mol. The SMILES string of the molecule is C.CC.CC.Cc1ccc(C2(c3ccc(Cl)cc3)CCN(C)CC2)cc1. The van der Waals surface area contributed by atoms with E-state index in [4.69, 9.17) is 11.6 Å². The third-order valence-electron chi connectivity index (χ3n) is 4.84. The number of halogens is 1. The first-order chi connectivity index (χ1) is 12.1. The predicted molar refractivity (Wildman–Crippen MR) is 120 cm³/mol. The van der Waals surface area contributed by atoms with E-state index in [0.29, 0.717) is 0 Å². The number of benzene rings is 2. The van der Waals surface area contributed by atoms with Crippen molar-refractivity contribution in [3.8, 4) is 0 Å². The second-order valence-electron chi connectivity index (χ2n) is 6.26. The Morgan fingerprint density at radius 3 is 1.58 bits per heavy atom. The molecule has 1 aliphatic heterocycles. The quantitative estimate of drug-likeness (QED) is 0.530. The molecule has 1 heterocycles. The normalized spacial score (nSPS) is 15.5. The lowest BCUT2D eigenvalue weighted by atomic mass is 9.68. The van der Waals surface area contributed by atoms with Gasteiger partial charge >= 0.3 is 0 Å². The minimum Gasteiger partial charge on any atom is -0.306 e. The Labute approximate surface area is 167 Å². The van der Waals surface area contributed by atoms with E-state index < -0.39 is 0 Å². The number of rotatable bonds is 2. The molecule has 26 heavy (non-hydrogen) atoms. The van der Waals surface area contributed by atoms with Gasteiger partial charge in [-0.25, -0.2) is 0 Å². The molecular formula is C24H38ClN. The summed E-state index contributed by atoms with van der Waals surface area (Å²) in [6, 6.07) is 17.5. The molecule has 0 aromatic heterocycles. The van der Waals surface area contributed by atoms with E-state index in [1.165, 1.54) is 16.7 Å². The zero-order valence-corrected chi connectivity index (χ0v) is 17.5. The molecule has 0 aliphatic carbocycles. The minimum absolute atomic E-state index is 0. The third kappa shape index (κ3) is 5.86. The summed E-state index contributed by atoms with van der Waals surface area (Å²) in [5.41, 5.74) is 4.27. The average Bonchev–Trinajstić information content (AvgIpc) is 2.67. The fourth-order valence-electron chi connectivity index (χ4n) is 3.39. The zero-order valence-electron chi connectivity index (χ0n) is 16.8. The molecule has 2 aromatic carbocycles. The van der Waals surface area contributed by atoms with Crippen LogP contribution in [-0.4, -0.2) is 25.0 Å². The maximum absolute atomic E-state index is 6.08. The van der Waals surface area contributed by atoms with Crippen LogP contribution >= 0.6 is 11.6 Å². The van der Waals surface area contributed by atoms with Crippen LogP contribution in [0.25, 0.3) is 0 Å². The standard InChI is InChI=1S/C19H22ClN.2C2H6.CH4/c1-15-3-5-16(6-4-15)19(11-13-21(2)14-12-19)17-7-9-18(20)10-8-17;2*1-2;/h3-10H,11-14H2,1-2H3;2*1-2H3;1H4. The van der Waals surface area contributed by atoms with Gasteiger partial charge in [-0.1, -0.05) is 88.7 Å². The van der Waals surface area contributed by atoms with E-state index in [0.717, 1.165) is 31.0 Å². The Bertz CT molecular complexity index is 546. The Morgan fingerprint density at radius 2 is 1.15 bits per heavy atom. The van der Waals surface area contributed by atoms with E-state index in [2.05, 4.69) is 55.3 Å². The zero-order chi connectivity index (χ0) is 18.9. The topological polar surface area (TPSA) is 3.24 Å². The maximum atomic E-state index is 6.08. The van der Waals surface area contributed by atoms with Crippen molar-refractivity contribution in [2.24, 2.45) is 0 Å². The van der Waals surface area contributed by atoms with Crippen LogP contribution < -0.4 is 0 Å². The summed E-state index contributed by atoms with van der Waals surface area (Å²) in [4.78, 5) is 2.42. The Hall–Kier alpha value is -1.31. The molecule has 0 spiro atoms. The van der Waals surface area contributed by atoms with Gasteiger partial charge in [-0.15, -0.1) is 0 Å². The Kier molecular flexibility index (Phi) is 11.5. The van der Waals surface area contributed by atoms with Gasteiger partial charge in [0.2, 0.25) is 0 Å². The van der Waals surface area contributed by atoms with Crippen LogP contribution in [0.4, 0.5) is 0 Å². The molecule has 2 heteroatoms. The summed E-state index contributed by atoms with van der Waals surface area (Å²) in [6.07, 6.45) is 2.32. The van der Waals surface area contributed by atoms with Crippen LogP contribution in [0.2, 0.25) is 5.02 Å². The minimum atomic E-state index is 0. The Balaban J connectivity index is 0.00000117. The molecule has 2 aromatic rings. The van der Waals surface area contributed by atoms with Gasteiger partial charge in [-0.2, -0.15) is 0 Å². The molecule has 0 saturated carbocycles. The van der Waals surface area contributed by atoms with Crippen molar-refractivity contribution in [2.75, 3.05) is 20.1 Å². The second-order valence-corrected chi connectivity index (χ2v) is 6.69. The lowest BCUT2D eigenvalue weighted by molar-refractivity contribution is 0.213. The van der Waals surface area contributed by atoms with Gasteiger partial charge in [-0.05, 0) is 63.2 Å². The maximum Gasteiger partial charge on any atom is 0.0406 e. The van der Waals surface area contributed by atoms with Crippen molar-refractivity contribution < 1.29 is 0 Å². The van der Waals surface area contributed by atoms with Gasteiger partial charge in [0.05, 0.1) is 0 Å². The molecule has 1 saturated heterocycles. The fraction of sp³-hybridized carbons (Fsp3) is 0.500. The van der Waals surface area contributed by atoms with E-state index in [-0.39, 0.29) is 12.8 Å². The summed E-state index contributed by atoms with van der Waals surface area (Å²) < 4.78 is 0. The van der Waals surface area contributed by atoms with E-state index in [1.54, 1.807) is 0 Å². The largest absolute Gasteiger partial charge is 0.306 e. The molecular weight excluding hydrogens is 338 g/mol. The summed E-state index contributed by atoms with van der Waals surface area (Å²) in [6.45, 7) is 12.4. The lowest BCUT2D eigenvalue weighted by Crippen LogP contribution is -2.41. The van der Waals surface area contributed by atoms with Gasteiger partial charge in [0.25, 0.3) is 0 Å². The predicted octanol–water partition coefficient (Wildman–Crippen LogP) is 7.35. The van der Waals surface area contributed by atoms with Crippen LogP contribution in [0.3, 0.4) is 0 Å². The molecule has 0 amide bonds. The van der Waals surface area contributed by atoms with Crippen LogP contribution in [0.5, 0.6) is 0 Å². The smallest absolute Gasteiger partial charge is 0.0406 e. The number of likely N-dealkylation sites (tertiary alicyclic amines) is 1. The van der Waals surface area contributed by atoms with Crippen molar-refractivity contribution in [2.45, 2.75) is 60.3 Å². The first kappa shape index (κ1) is 24.7. The van der Waals surface area contributed by atoms with Crippen LogP contribution in [0.15, 0.2) is 48.5 Å². The van der Waals surface area contributed by atoms with Crippen molar-refractivity contribution in [3.05, 3.63) is 70.2 Å². The van der Waals surface area contributed by atoms with Crippen molar-refractivity contribution in [3.63, 3.8) is 0 Å². The summed E-state index contributed by atoms with van der Waals surface area (Å²) in [5, 5.41) is 0.811. The monoisotopic (exact) mass is 375 g/mol. The highest BCUT2D eigenvalue weighted by atomic mass is 35.5. The number of hydrogen-bond donors (Lipinski definition) is 0. The van der Waals surface area contributed by atoms with Crippen molar-refractivity contribution in [1.82, 2.24) is 4.90 Å². The van der Waals surface area contributed by atoms with Gasteiger partial charge in [0.1, 0.15) is 0 Å². The number of hydrogen-bond acceptors (Lipinski definition) is 1. The lowest BCUT2D eigenvalue weighted by Gasteiger charge is -2.42. The molecule has 3 rings (SSSR count). The second kappa shape index (κ2) is 12.1. The van der Waals surface area contributed by atoms with Gasteiger partial charge in [-0.3, -0.25) is 0 Å². The van der Waals surface area contributed by atoms with Gasteiger partial charge in [0.15, 0.2) is 0 Å². The summed E-state index contributed by atoms with van der Waals surface area (Å²) >= 11 is 6.08. The first-order valence-electron chi connectivity index (χ1n) is 9.62. The van der Waals surface area contributed by atoms with Gasteiger partial charge in [0, 0.05) is 10.4 Å². The molecule has 146 valence electrons. The van der Waals surface area contributed by atoms with Crippen molar-refractivity contribution >= 4 is 11.6 Å². The highest BCUT2D eigenvalue weighted by Gasteiger charge is 2.36. The number of piperidine rings is 1. The van der Waals surface area contributed by atoms with E-state index in [9.17, 15) is 0 Å². The van der Waals surface area contributed by atoms with Crippen molar-refractivity contribution in [1.29, 1.82) is 0 Å². The molecule has 0 atom stereocenters. The van der Waals surface area contributed by atoms with E-state index >= 15 is 0 Å². The van der Waals surface area contributed by atoms with E-state index in [1.807, 2.05) is 39.8 Å². The first-order valence-corrected chi connectivity index (χ1v) is 10.00. The molecule has 0 N–H and O–H groups in total. The molecule has 1 nitrogen and oxygen atoms in total. The summed E-state index contributed by atoms with van der Waals surface area (Å²) in [5.74, 6) is 0. The Morgan fingerprint density at radius 1 is 0.769 bits per heavy atom. The van der Waals surface area contributed by atoms with Gasteiger partial charge < -0.3 is 4.90 Å². The third-order valence-corrected chi connectivity index (χ3v) is 5.09. The number of aryl methyl sites for hydroxylation is 1. The molecule has 0 bridgehead atoms. The summed E-state index contributed by atoms with van der Waals surface area (Å²) in [7, 11) is 2.21. The molecule has 1 aliphatic rings. The highest BCUT2D eigenvalue weighted by molar-refractivity contribution is 6.30. The molecule has 0 radical (unpaired) electrons. The number of nitrogens with zero attached hydrogens (tertiary/aromatic N) is 1. The van der Waals surface area contributed by atoms with Crippen LogP contribution in [-0.2, 0) is 5.41 Å². The fourth-order valence-corrected chi connectivity index (χ4v) is 3.51. The van der Waals surface area contributed by atoms with Crippen LogP contribution in [0, 0.1) is 6.92 Å². The molecule has 1 fully saturated rings. The van der Waals surface area contributed by atoms with Crippen LogP contribution in [0.1, 0.15) is 64.7 Å².